The van der Waals surface area contributed by atoms with Crippen LogP contribution in [0.5, 0.6) is 0 Å². The molecule has 0 aromatic rings. The lowest BCUT2D eigenvalue weighted by atomic mass is 10.2. The minimum absolute atomic E-state index is 0.159. The number of carbonyl (C=O) groups is 2. The highest BCUT2D eigenvalue weighted by Crippen LogP contribution is 2.07. The van der Waals surface area contributed by atoms with Crippen molar-refractivity contribution < 1.29 is 33.3 Å². The zero-order valence-electron chi connectivity index (χ0n) is 17.8. The third-order valence-corrected chi connectivity index (χ3v) is 3.31. The van der Waals surface area contributed by atoms with Gasteiger partial charge in [-0.2, -0.15) is 0 Å². The summed E-state index contributed by atoms with van der Waals surface area (Å²) in [5.41, 5.74) is 5.12. The molecule has 0 aliphatic carbocycles. The van der Waals surface area contributed by atoms with Crippen molar-refractivity contribution in [2.24, 2.45) is 5.73 Å². The van der Waals surface area contributed by atoms with Crippen LogP contribution in [0, 0.1) is 0 Å². The van der Waals surface area contributed by atoms with Gasteiger partial charge in [-0.25, -0.2) is 0 Å². The van der Waals surface area contributed by atoms with E-state index in [1.807, 2.05) is 27.7 Å². The third-order valence-electron chi connectivity index (χ3n) is 3.31. The fourth-order valence-corrected chi connectivity index (χ4v) is 1.87. The number of hydrogen-bond donors (Lipinski definition) is 2. The van der Waals surface area contributed by atoms with E-state index in [0.29, 0.717) is 65.8 Å². The molecular formula is C19H38N2O7. The highest BCUT2D eigenvalue weighted by molar-refractivity contribution is 5.81. The molecule has 0 aromatic carbocycles. The van der Waals surface area contributed by atoms with Crippen LogP contribution in [0.15, 0.2) is 0 Å². The van der Waals surface area contributed by atoms with Crippen molar-refractivity contribution >= 4 is 11.9 Å². The van der Waals surface area contributed by atoms with E-state index < -0.39 is 11.6 Å². The second kappa shape index (κ2) is 16.7. The van der Waals surface area contributed by atoms with Gasteiger partial charge < -0.3 is 34.7 Å². The van der Waals surface area contributed by atoms with Crippen molar-refractivity contribution in [1.82, 2.24) is 5.32 Å². The van der Waals surface area contributed by atoms with E-state index in [1.54, 1.807) is 0 Å². The minimum atomic E-state index is -0.468. The highest BCUT2D eigenvalue weighted by Gasteiger charge is 2.15. The van der Waals surface area contributed by atoms with Crippen LogP contribution in [0.3, 0.4) is 0 Å². The lowest BCUT2D eigenvalue weighted by Crippen LogP contribution is -2.41. The van der Waals surface area contributed by atoms with E-state index in [2.05, 4.69) is 5.32 Å². The van der Waals surface area contributed by atoms with Gasteiger partial charge in [0, 0.05) is 6.54 Å². The average molecular weight is 407 g/mol. The maximum absolute atomic E-state index is 11.5. The van der Waals surface area contributed by atoms with Gasteiger partial charge in [0.1, 0.15) is 5.60 Å². The summed E-state index contributed by atoms with van der Waals surface area (Å²) in [7, 11) is 0. The minimum Gasteiger partial charge on any atom is -0.460 e. The van der Waals surface area contributed by atoms with Crippen molar-refractivity contribution in [1.29, 1.82) is 0 Å². The van der Waals surface area contributed by atoms with Crippen LogP contribution >= 0.6 is 0 Å². The first-order valence-electron chi connectivity index (χ1n) is 9.82. The standard InChI is InChI=1S/C19H38N2O7/c1-5-16(20)18(23)21-7-9-25-11-13-27-15-14-26-12-10-24-8-6-17(22)28-19(2,3)4/h16H,5-15,20H2,1-4H3,(H,21,23)/t16-/m0/s1. The van der Waals surface area contributed by atoms with Gasteiger partial charge in [-0.05, 0) is 27.2 Å². The smallest absolute Gasteiger partial charge is 0.308 e. The Morgan fingerprint density at radius 1 is 0.857 bits per heavy atom. The van der Waals surface area contributed by atoms with Crippen LogP contribution in [-0.4, -0.2) is 82.9 Å². The van der Waals surface area contributed by atoms with Gasteiger partial charge in [0.2, 0.25) is 5.91 Å². The molecule has 166 valence electrons. The maximum atomic E-state index is 11.5. The molecule has 0 aromatic heterocycles. The fourth-order valence-electron chi connectivity index (χ4n) is 1.87. The van der Waals surface area contributed by atoms with Crippen LogP contribution < -0.4 is 11.1 Å². The number of nitrogens with two attached hydrogens (primary N) is 1. The predicted molar refractivity (Wildman–Crippen MR) is 105 cm³/mol. The average Bonchev–Trinajstić information content (AvgIpc) is 2.62. The first-order chi connectivity index (χ1) is 13.3. The number of ether oxygens (including phenoxy) is 5. The van der Waals surface area contributed by atoms with Gasteiger partial charge in [0.05, 0.1) is 65.3 Å². The first-order valence-corrected chi connectivity index (χ1v) is 9.82. The van der Waals surface area contributed by atoms with E-state index in [4.69, 9.17) is 29.4 Å². The maximum Gasteiger partial charge on any atom is 0.308 e. The fraction of sp³-hybridized carbons (Fsp3) is 0.895. The molecule has 0 unspecified atom stereocenters. The molecule has 1 atom stereocenters. The monoisotopic (exact) mass is 406 g/mol. The number of rotatable bonds is 17. The lowest BCUT2D eigenvalue weighted by molar-refractivity contribution is -0.156. The molecule has 28 heavy (non-hydrogen) atoms. The zero-order chi connectivity index (χ0) is 21.3. The van der Waals surface area contributed by atoms with Crippen LogP contribution in [-0.2, 0) is 33.3 Å². The predicted octanol–water partition coefficient (Wildman–Crippen LogP) is 0.638. The molecule has 9 heteroatoms. The molecule has 0 fully saturated rings. The number of esters is 1. The molecule has 0 aliphatic rings. The van der Waals surface area contributed by atoms with Crippen molar-refractivity contribution in [3.63, 3.8) is 0 Å². The molecule has 0 aliphatic heterocycles. The van der Waals surface area contributed by atoms with E-state index >= 15 is 0 Å². The van der Waals surface area contributed by atoms with Gasteiger partial charge in [-0.1, -0.05) is 6.92 Å². The molecule has 0 rings (SSSR count). The number of hydrogen-bond acceptors (Lipinski definition) is 8. The molecule has 0 bridgehead atoms. The van der Waals surface area contributed by atoms with E-state index in [0.717, 1.165) is 0 Å². The molecule has 1 amide bonds. The normalized spacial score (nSPS) is 12.6. The summed E-state index contributed by atoms with van der Waals surface area (Å²) in [6.45, 7) is 11.2. The largest absolute Gasteiger partial charge is 0.460 e. The Kier molecular flexibility index (Phi) is 15.9. The van der Waals surface area contributed by atoms with Gasteiger partial charge in [0.25, 0.3) is 0 Å². The van der Waals surface area contributed by atoms with Crippen LogP contribution in [0.4, 0.5) is 0 Å². The summed E-state index contributed by atoms with van der Waals surface area (Å²) in [5.74, 6) is -0.427. The Bertz CT molecular complexity index is 414. The first kappa shape index (κ1) is 26.7. The molecule has 3 N–H and O–H groups in total. The summed E-state index contributed by atoms with van der Waals surface area (Å²) in [6.07, 6.45) is 0.844. The molecule has 0 spiro atoms. The number of nitrogens with one attached hydrogen (secondary N) is 1. The van der Waals surface area contributed by atoms with Crippen molar-refractivity contribution in [2.45, 2.75) is 52.2 Å². The quantitative estimate of drug-likeness (QED) is 0.267. The molecular weight excluding hydrogens is 368 g/mol. The SMILES string of the molecule is CC[C@H](N)C(=O)NCCOCCOCCOCCOCCC(=O)OC(C)(C)C. The van der Waals surface area contributed by atoms with E-state index in [1.165, 1.54) is 0 Å². The molecule has 0 radical (unpaired) electrons. The molecule has 0 saturated carbocycles. The highest BCUT2D eigenvalue weighted by atomic mass is 16.6. The molecule has 9 nitrogen and oxygen atoms in total. The second-order valence-corrected chi connectivity index (χ2v) is 7.09. The topological polar surface area (TPSA) is 118 Å². The number of amides is 1. The van der Waals surface area contributed by atoms with Gasteiger partial charge >= 0.3 is 5.97 Å². The van der Waals surface area contributed by atoms with E-state index in [9.17, 15) is 9.59 Å². The summed E-state index contributed by atoms with van der Waals surface area (Å²) in [4.78, 5) is 22.9. The summed E-state index contributed by atoms with van der Waals surface area (Å²) >= 11 is 0. The van der Waals surface area contributed by atoms with Crippen LogP contribution in [0.1, 0.15) is 40.5 Å². The van der Waals surface area contributed by atoms with Crippen LogP contribution in [0.25, 0.3) is 0 Å². The zero-order valence-corrected chi connectivity index (χ0v) is 17.8. The third kappa shape index (κ3) is 18.1. The lowest BCUT2D eigenvalue weighted by Gasteiger charge is -2.19. The Morgan fingerprint density at radius 3 is 1.79 bits per heavy atom. The van der Waals surface area contributed by atoms with Gasteiger partial charge in [-0.15, -0.1) is 0 Å². The Morgan fingerprint density at radius 2 is 1.32 bits per heavy atom. The van der Waals surface area contributed by atoms with Crippen molar-refractivity contribution in [2.75, 3.05) is 59.4 Å². The summed E-state index contributed by atoms with van der Waals surface area (Å²) in [5, 5.41) is 2.70. The molecule has 0 saturated heterocycles. The number of carbonyl (C=O) groups excluding carboxylic acids is 2. The Labute approximate surface area is 168 Å². The summed E-state index contributed by atoms with van der Waals surface area (Å²) in [6, 6.07) is -0.460. The van der Waals surface area contributed by atoms with Crippen molar-refractivity contribution in [3.05, 3.63) is 0 Å². The Balaban J connectivity index is 3.24. The van der Waals surface area contributed by atoms with E-state index in [-0.39, 0.29) is 18.3 Å². The molecule has 0 heterocycles. The van der Waals surface area contributed by atoms with Crippen molar-refractivity contribution in [3.8, 4) is 0 Å². The van der Waals surface area contributed by atoms with Crippen LogP contribution in [0.2, 0.25) is 0 Å². The Hall–Kier alpha value is -1.26. The van der Waals surface area contributed by atoms with Gasteiger partial charge in [0.15, 0.2) is 0 Å². The van der Waals surface area contributed by atoms with Gasteiger partial charge in [-0.3, -0.25) is 9.59 Å². The summed E-state index contributed by atoms with van der Waals surface area (Å²) < 4.78 is 26.6. The second-order valence-electron chi connectivity index (χ2n) is 7.09.